The van der Waals surface area contributed by atoms with Crippen molar-refractivity contribution in [3.8, 4) is 0 Å². The second kappa shape index (κ2) is 6.68. The number of thiocarbonyl (C=S) groups is 1. The van der Waals surface area contributed by atoms with Gasteiger partial charge in [0.25, 0.3) is 11.8 Å². The van der Waals surface area contributed by atoms with Crippen LogP contribution in [0.3, 0.4) is 0 Å². The van der Waals surface area contributed by atoms with E-state index < -0.39 is 40.2 Å². The average Bonchev–Trinajstić information content (AvgIpc) is 3.20. The third-order valence-corrected chi connectivity index (χ3v) is 7.97. The third kappa shape index (κ3) is 3.03. The average molecular weight is 439 g/mol. The minimum absolute atomic E-state index is 0.00517. The third-order valence-electron chi connectivity index (χ3n) is 4.82. The molecule has 1 atom stereocenters. The van der Waals surface area contributed by atoms with Crippen molar-refractivity contribution >= 4 is 67.2 Å². The Balaban J connectivity index is 1.77. The van der Waals surface area contributed by atoms with Crippen LogP contribution in [0.1, 0.15) is 12.0 Å². The number of nitrogens with zero attached hydrogens (tertiary/aromatic N) is 2. The molecule has 3 heterocycles. The van der Waals surface area contributed by atoms with Crippen molar-refractivity contribution < 1.29 is 27.9 Å². The standard InChI is InChI=1S/C17H14N2O6S3/c20-12(21)7-18-11-4-2-1-3-10(11)13(15(18)22)14-16(23)19(17(26)27-14)9-5-6-28(24,25)8-9/h1-4,9H,5-8H2,(H,20,21)/b14-13-/t9-/m0/s1. The molecule has 0 aromatic heterocycles. The van der Waals surface area contributed by atoms with Gasteiger partial charge in [0.15, 0.2) is 9.84 Å². The number of amides is 2. The van der Waals surface area contributed by atoms with Crippen molar-refractivity contribution in [3.05, 3.63) is 34.7 Å². The summed E-state index contributed by atoms with van der Waals surface area (Å²) in [6.45, 7) is -0.527. The van der Waals surface area contributed by atoms with Gasteiger partial charge in [-0.05, 0) is 12.5 Å². The van der Waals surface area contributed by atoms with Gasteiger partial charge < -0.3 is 5.11 Å². The number of thioether (sulfide) groups is 1. The lowest BCUT2D eigenvalue weighted by molar-refractivity contribution is -0.136. The van der Waals surface area contributed by atoms with Gasteiger partial charge in [-0.2, -0.15) is 0 Å². The van der Waals surface area contributed by atoms with Crippen molar-refractivity contribution in [1.29, 1.82) is 0 Å². The number of carboxylic acid groups (broad SMARTS) is 1. The first-order valence-electron chi connectivity index (χ1n) is 8.33. The highest BCUT2D eigenvalue weighted by molar-refractivity contribution is 8.26. The summed E-state index contributed by atoms with van der Waals surface area (Å²) in [6.07, 6.45) is 0.299. The maximum atomic E-state index is 13.1. The van der Waals surface area contributed by atoms with Crippen LogP contribution in [0.25, 0.3) is 5.57 Å². The first kappa shape index (κ1) is 19.1. The van der Waals surface area contributed by atoms with Crippen LogP contribution in [0.5, 0.6) is 0 Å². The predicted octanol–water partition coefficient (Wildman–Crippen LogP) is 0.876. The Morgan fingerprint density at radius 1 is 1.25 bits per heavy atom. The maximum Gasteiger partial charge on any atom is 0.323 e. The molecule has 3 aliphatic rings. The number of rotatable bonds is 3. The Kier molecular flexibility index (Phi) is 4.55. The summed E-state index contributed by atoms with van der Waals surface area (Å²) >= 11 is 6.25. The Morgan fingerprint density at radius 3 is 2.61 bits per heavy atom. The van der Waals surface area contributed by atoms with Crippen molar-refractivity contribution in [2.45, 2.75) is 12.5 Å². The molecule has 8 nitrogen and oxygen atoms in total. The van der Waals surface area contributed by atoms with Gasteiger partial charge in [0.05, 0.1) is 33.7 Å². The molecule has 0 spiro atoms. The molecule has 28 heavy (non-hydrogen) atoms. The van der Waals surface area contributed by atoms with Crippen LogP contribution in [-0.2, 0) is 24.2 Å². The van der Waals surface area contributed by atoms with Crippen LogP contribution >= 0.6 is 24.0 Å². The highest BCUT2D eigenvalue weighted by atomic mass is 32.2. The van der Waals surface area contributed by atoms with Crippen LogP contribution in [0.2, 0.25) is 0 Å². The zero-order chi connectivity index (χ0) is 20.2. The molecule has 0 radical (unpaired) electrons. The van der Waals surface area contributed by atoms with Crippen molar-refractivity contribution in [1.82, 2.24) is 4.90 Å². The van der Waals surface area contributed by atoms with Gasteiger partial charge in [0.1, 0.15) is 10.9 Å². The number of para-hydroxylation sites is 1. The first-order chi connectivity index (χ1) is 13.2. The predicted molar refractivity (Wildman–Crippen MR) is 107 cm³/mol. The molecule has 2 saturated heterocycles. The van der Waals surface area contributed by atoms with Gasteiger partial charge in [0, 0.05) is 5.56 Å². The fourth-order valence-electron chi connectivity index (χ4n) is 3.62. The van der Waals surface area contributed by atoms with E-state index in [0.717, 1.165) is 16.7 Å². The van der Waals surface area contributed by atoms with Gasteiger partial charge >= 0.3 is 5.97 Å². The van der Waals surface area contributed by atoms with Gasteiger partial charge in [-0.15, -0.1) is 0 Å². The molecule has 0 bridgehead atoms. The fraction of sp³-hybridized carbons (Fsp3) is 0.294. The second-order valence-corrected chi connectivity index (χ2v) is 10.5. The lowest BCUT2D eigenvalue weighted by Crippen LogP contribution is -2.39. The zero-order valence-corrected chi connectivity index (χ0v) is 16.8. The largest absolute Gasteiger partial charge is 0.480 e. The number of carbonyl (C=O) groups is 3. The topological polar surface area (TPSA) is 112 Å². The number of hydrogen-bond acceptors (Lipinski definition) is 7. The number of fused-ring (bicyclic) bond motifs is 1. The van der Waals surface area contributed by atoms with Crippen LogP contribution in [0.15, 0.2) is 29.2 Å². The molecule has 4 rings (SSSR count). The molecule has 1 N–H and O–H groups in total. The Labute approximate surface area is 170 Å². The van der Waals surface area contributed by atoms with E-state index in [1.165, 1.54) is 4.90 Å². The van der Waals surface area contributed by atoms with E-state index in [2.05, 4.69) is 0 Å². The van der Waals surface area contributed by atoms with E-state index in [0.29, 0.717) is 17.7 Å². The second-order valence-electron chi connectivity index (χ2n) is 6.61. The molecular formula is C17H14N2O6S3. The number of hydrogen-bond donors (Lipinski definition) is 1. The van der Waals surface area contributed by atoms with E-state index in [4.69, 9.17) is 17.3 Å². The molecule has 2 fully saturated rings. The number of benzene rings is 1. The van der Waals surface area contributed by atoms with E-state index in [9.17, 15) is 22.8 Å². The number of sulfone groups is 1. The molecular weight excluding hydrogens is 424 g/mol. The van der Waals surface area contributed by atoms with Crippen LogP contribution in [0, 0.1) is 0 Å². The summed E-state index contributed by atoms with van der Waals surface area (Å²) in [6, 6.07) is 6.10. The summed E-state index contributed by atoms with van der Waals surface area (Å²) in [5.41, 5.74) is 0.990. The van der Waals surface area contributed by atoms with Gasteiger partial charge in [0.2, 0.25) is 0 Å². The van der Waals surface area contributed by atoms with E-state index in [1.54, 1.807) is 24.3 Å². The molecule has 0 aliphatic carbocycles. The quantitative estimate of drug-likeness (QED) is 0.547. The minimum Gasteiger partial charge on any atom is -0.480 e. The summed E-state index contributed by atoms with van der Waals surface area (Å²) < 4.78 is 23.8. The summed E-state index contributed by atoms with van der Waals surface area (Å²) in [7, 11) is -3.22. The highest BCUT2D eigenvalue weighted by Crippen LogP contribution is 2.45. The highest BCUT2D eigenvalue weighted by Gasteiger charge is 2.46. The van der Waals surface area contributed by atoms with E-state index in [1.807, 2.05) is 0 Å². The molecule has 0 saturated carbocycles. The van der Waals surface area contributed by atoms with Gasteiger partial charge in [-0.1, -0.05) is 42.2 Å². The normalized spacial score (nSPS) is 26.3. The first-order valence-corrected chi connectivity index (χ1v) is 11.4. The monoisotopic (exact) mass is 438 g/mol. The SMILES string of the molecule is O=C(O)CN1C(=O)/C(=C2\SC(=S)N([C@H]3CCS(=O)(=O)C3)C2=O)c2ccccc21. The van der Waals surface area contributed by atoms with Gasteiger partial charge in [-0.25, -0.2) is 8.42 Å². The van der Waals surface area contributed by atoms with E-state index in [-0.39, 0.29) is 26.3 Å². The molecule has 2 amide bonds. The number of aliphatic carboxylic acids is 1. The van der Waals surface area contributed by atoms with Crippen LogP contribution in [0.4, 0.5) is 5.69 Å². The van der Waals surface area contributed by atoms with E-state index >= 15 is 0 Å². The lowest BCUT2D eigenvalue weighted by atomic mass is 10.1. The molecule has 1 aromatic carbocycles. The molecule has 1 aromatic rings. The van der Waals surface area contributed by atoms with Crippen LogP contribution < -0.4 is 4.90 Å². The lowest BCUT2D eigenvalue weighted by Gasteiger charge is -2.21. The van der Waals surface area contributed by atoms with Crippen molar-refractivity contribution in [2.75, 3.05) is 23.0 Å². The van der Waals surface area contributed by atoms with Gasteiger partial charge in [-0.3, -0.25) is 24.2 Å². The molecule has 11 heteroatoms. The molecule has 146 valence electrons. The molecule has 0 unspecified atom stereocenters. The summed E-state index contributed by atoms with van der Waals surface area (Å²) in [5, 5.41) is 9.13. The smallest absolute Gasteiger partial charge is 0.323 e. The fourth-order valence-corrected chi connectivity index (χ4v) is 6.79. The number of anilines is 1. The Bertz CT molecular complexity index is 1080. The number of carbonyl (C=O) groups excluding carboxylic acids is 2. The van der Waals surface area contributed by atoms with Crippen molar-refractivity contribution in [3.63, 3.8) is 0 Å². The van der Waals surface area contributed by atoms with Crippen LogP contribution in [-0.4, -0.2) is 64.6 Å². The summed E-state index contributed by atoms with van der Waals surface area (Å²) in [5.74, 6) is -2.42. The van der Waals surface area contributed by atoms with Crippen molar-refractivity contribution in [2.24, 2.45) is 0 Å². The Hall–Kier alpha value is -2.24. The zero-order valence-electron chi connectivity index (χ0n) is 14.3. The maximum absolute atomic E-state index is 13.1. The Morgan fingerprint density at radius 2 is 1.96 bits per heavy atom. The molecule has 3 aliphatic heterocycles. The minimum atomic E-state index is -3.22. The summed E-state index contributed by atoms with van der Waals surface area (Å²) in [4.78, 5) is 39.7. The number of carboxylic acids is 1.